The van der Waals surface area contributed by atoms with Gasteiger partial charge in [-0.1, -0.05) is 42.5 Å². The lowest BCUT2D eigenvalue weighted by Crippen LogP contribution is -2.15. The van der Waals surface area contributed by atoms with Crippen LogP contribution in [0, 0.1) is 5.92 Å². The third kappa shape index (κ3) is 3.91. The molecule has 0 amide bonds. The van der Waals surface area contributed by atoms with Crippen molar-refractivity contribution in [2.75, 3.05) is 20.6 Å². The van der Waals surface area contributed by atoms with Crippen molar-refractivity contribution in [1.82, 2.24) is 4.90 Å². The lowest BCUT2D eigenvalue weighted by molar-refractivity contribution is 0.380. The molecule has 0 bridgehead atoms. The lowest BCUT2D eigenvalue weighted by Gasteiger charge is -2.14. The van der Waals surface area contributed by atoms with Crippen molar-refractivity contribution in [3.8, 4) is 0 Å². The van der Waals surface area contributed by atoms with E-state index in [1.165, 1.54) is 16.3 Å². The number of nitrogens with zero attached hydrogens (tertiary/aromatic N) is 1. The van der Waals surface area contributed by atoms with Gasteiger partial charge in [0.1, 0.15) is 0 Å². The van der Waals surface area contributed by atoms with E-state index in [0.29, 0.717) is 0 Å². The summed E-state index contributed by atoms with van der Waals surface area (Å²) in [6.45, 7) is 1.02. The molecule has 0 fully saturated rings. The van der Waals surface area contributed by atoms with Gasteiger partial charge in [-0.15, -0.1) is 0 Å². The molecule has 1 unspecified atom stereocenters. The zero-order valence-electron chi connectivity index (χ0n) is 12.3. The highest BCUT2D eigenvalue weighted by Crippen LogP contribution is 2.22. The van der Waals surface area contributed by atoms with Gasteiger partial charge in [0.05, 0.1) is 0 Å². The van der Waals surface area contributed by atoms with Crippen LogP contribution < -0.4 is 0 Å². The first-order chi connectivity index (χ1) is 9.70. The summed E-state index contributed by atoms with van der Waals surface area (Å²) in [5, 5.41) is 2.49. The summed E-state index contributed by atoms with van der Waals surface area (Å²) in [6, 6.07) is 14.7. The largest absolute Gasteiger partial charge is 0.309 e. The predicted octanol–water partition coefficient (Wildman–Crippen LogP) is 3.45. The van der Waals surface area contributed by atoms with E-state index >= 15 is 0 Å². The summed E-state index contributed by atoms with van der Waals surface area (Å²) < 4.78 is 0. The summed E-state index contributed by atoms with van der Waals surface area (Å²) in [5.74, 6) is 0.000700. The molecular weight excluding hydrogens is 246 g/mol. The molecule has 0 aliphatic heterocycles. The lowest BCUT2D eigenvalue weighted by atomic mass is 9.93. The molecular formula is C18H22NO. The molecule has 2 aromatic carbocycles. The van der Waals surface area contributed by atoms with Gasteiger partial charge in [0, 0.05) is 5.92 Å². The Kier molecular flexibility index (Phi) is 5.31. The van der Waals surface area contributed by atoms with Gasteiger partial charge in [0.25, 0.3) is 0 Å². The molecule has 20 heavy (non-hydrogen) atoms. The fourth-order valence-corrected chi connectivity index (χ4v) is 2.59. The number of hydrogen-bond donors (Lipinski definition) is 0. The Morgan fingerprint density at radius 2 is 1.85 bits per heavy atom. The summed E-state index contributed by atoms with van der Waals surface area (Å²) in [7, 11) is 4.12. The van der Waals surface area contributed by atoms with E-state index in [-0.39, 0.29) is 5.92 Å². The smallest absolute Gasteiger partial charge is 0.202 e. The molecule has 1 radical (unpaired) electrons. The zero-order valence-corrected chi connectivity index (χ0v) is 12.3. The van der Waals surface area contributed by atoms with Crippen molar-refractivity contribution in [2.24, 2.45) is 5.92 Å². The Hall–Kier alpha value is -1.67. The Morgan fingerprint density at radius 3 is 2.60 bits per heavy atom. The van der Waals surface area contributed by atoms with E-state index < -0.39 is 0 Å². The standard InChI is InChI=1S/C18H22NO/c1-19(2)12-6-7-15(14-20)13-17-10-5-9-16-8-3-4-11-18(16)17/h3-5,8-11,15H,6-7,12-13H2,1-2H3. The maximum atomic E-state index is 11.2. The molecule has 1 atom stereocenters. The van der Waals surface area contributed by atoms with Gasteiger partial charge in [0.15, 0.2) is 0 Å². The number of fused-ring (bicyclic) bond motifs is 1. The molecule has 0 aromatic heterocycles. The van der Waals surface area contributed by atoms with Crippen LogP contribution >= 0.6 is 0 Å². The molecule has 0 heterocycles. The van der Waals surface area contributed by atoms with E-state index in [2.05, 4.69) is 61.7 Å². The first-order valence-electron chi connectivity index (χ1n) is 7.19. The van der Waals surface area contributed by atoms with Gasteiger partial charge in [0.2, 0.25) is 6.29 Å². The van der Waals surface area contributed by atoms with Crippen molar-refractivity contribution >= 4 is 17.1 Å². The van der Waals surface area contributed by atoms with Crippen LogP contribution in [0.5, 0.6) is 0 Å². The second-order valence-electron chi connectivity index (χ2n) is 5.60. The van der Waals surface area contributed by atoms with E-state index in [1.807, 2.05) is 6.07 Å². The van der Waals surface area contributed by atoms with E-state index in [9.17, 15) is 4.79 Å². The molecule has 0 saturated carbocycles. The van der Waals surface area contributed by atoms with Crippen LogP contribution in [-0.4, -0.2) is 31.8 Å². The maximum Gasteiger partial charge on any atom is 0.202 e. The van der Waals surface area contributed by atoms with Gasteiger partial charge in [-0.05, 0) is 56.2 Å². The molecule has 105 valence electrons. The SMILES string of the molecule is CN(C)CCCC([C]=O)Cc1cccc2ccccc12. The van der Waals surface area contributed by atoms with Crippen LogP contribution in [0.25, 0.3) is 10.8 Å². The highest BCUT2D eigenvalue weighted by atomic mass is 16.1. The van der Waals surface area contributed by atoms with Crippen LogP contribution in [0.15, 0.2) is 42.5 Å². The summed E-state index contributed by atoms with van der Waals surface area (Å²) in [4.78, 5) is 13.3. The zero-order chi connectivity index (χ0) is 14.4. The highest BCUT2D eigenvalue weighted by molar-refractivity contribution is 5.85. The topological polar surface area (TPSA) is 20.3 Å². The normalized spacial score (nSPS) is 12.8. The van der Waals surface area contributed by atoms with Gasteiger partial charge in [-0.25, -0.2) is 0 Å². The average molecular weight is 268 g/mol. The van der Waals surface area contributed by atoms with Crippen LogP contribution in [0.2, 0.25) is 0 Å². The minimum Gasteiger partial charge on any atom is -0.309 e. The number of rotatable bonds is 7. The van der Waals surface area contributed by atoms with Gasteiger partial charge in [-0.2, -0.15) is 0 Å². The van der Waals surface area contributed by atoms with Crippen molar-refractivity contribution < 1.29 is 4.79 Å². The van der Waals surface area contributed by atoms with Crippen molar-refractivity contribution in [1.29, 1.82) is 0 Å². The Morgan fingerprint density at radius 1 is 1.10 bits per heavy atom. The maximum absolute atomic E-state index is 11.2. The molecule has 0 N–H and O–H groups in total. The predicted molar refractivity (Wildman–Crippen MR) is 84.6 cm³/mol. The third-order valence-electron chi connectivity index (χ3n) is 3.67. The molecule has 0 aliphatic carbocycles. The van der Waals surface area contributed by atoms with Gasteiger partial charge < -0.3 is 4.90 Å². The molecule has 2 nitrogen and oxygen atoms in total. The van der Waals surface area contributed by atoms with Crippen molar-refractivity contribution in [2.45, 2.75) is 19.3 Å². The quantitative estimate of drug-likeness (QED) is 0.766. The van der Waals surface area contributed by atoms with Crippen LogP contribution in [-0.2, 0) is 11.2 Å². The molecule has 2 heteroatoms. The monoisotopic (exact) mass is 268 g/mol. The van der Waals surface area contributed by atoms with Crippen LogP contribution in [0.4, 0.5) is 0 Å². The third-order valence-corrected chi connectivity index (χ3v) is 3.67. The summed E-state index contributed by atoms with van der Waals surface area (Å²) >= 11 is 0. The fourth-order valence-electron chi connectivity index (χ4n) is 2.59. The Balaban J connectivity index is 2.07. The van der Waals surface area contributed by atoms with E-state index in [4.69, 9.17) is 0 Å². The van der Waals surface area contributed by atoms with Crippen molar-refractivity contribution in [3.05, 3.63) is 48.0 Å². The molecule has 2 rings (SSSR count). The Labute approximate surface area is 121 Å². The summed E-state index contributed by atoms with van der Waals surface area (Å²) in [5.41, 5.74) is 1.25. The van der Waals surface area contributed by atoms with Gasteiger partial charge in [-0.3, -0.25) is 4.79 Å². The highest BCUT2D eigenvalue weighted by Gasteiger charge is 2.11. The number of benzene rings is 2. The van der Waals surface area contributed by atoms with Crippen molar-refractivity contribution in [3.63, 3.8) is 0 Å². The molecule has 0 spiro atoms. The van der Waals surface area contributed by atoms with E-state index in [1.54, 1.807) is 0 Å². The number of hydrogen-bond acceptors (Lipinski definition) is 2. The first kappa shape index (κ1) is 14.7. The van der Waals surface area contributed by atoms with Crippen LogP contribution in [0.3, 0.4) is 0 Å². The summed E-state index contributed by atoms with van der Waals surface area (Å²) in [6.07, 6.45) is 4.96. The first-order valence-corrected chi connectivity index (χ1v) is 7.19. The molecule has 0 saturated heterocycles. The average Bonchev–Trinajstić information content (AvgIpc) is 2.46. The Bertz CT molecular complexity index is 557. The minimum atomic E-state index is 0.000700. The second kappa shape index (κ2) is 7.20. The number of carbonyl (C=O) groups excluding carboxylic acids is 1. The second-order valence-corrected chi connectivity index (χ2v) is 5.60. The molecule has 0 aliphatic rings. The minimum absolute atomic E-state index is 0.000700. The fraction of sp³-hybridized carbons (Fsp3) is 0.389. The van der Waals surface area contributed by atoms with Crippen LogP contribution in [0.1, 0.15) is 18.4 Å². The van der Waals surface area contributed by atoms with E-state index in [0.717, 1.165) is 25.8 Å². The molecule has 2 aromatic rings. The van der Waals surface area contributed by atoms with Gasteiger partial charge >= 0.3 is 0 Å².